The van der Waals surface area contributed by atoms with Crippen molar-refractivity contribution in [3.05, 3.63) is 34.6 Å². The van der Waals surface area contributed by atoms with Gasteiger partial charge in [-0.2, -0.15) is 0 Å². The molecule has 1 aromatic carbocycles. The first kappa shape index (κ1) is 13.8. The SMILES string of the molecule is O=C(O)C1CC1C(=O)NCCc1ccc(F)cc1Cl. The molecule has 0 saturated heterocycles. The highest BCUT2D eigenvalue weighted by molar-refractivity contribution is 6.31. The van der Waals surface area contributed by atoms with Gasteiger partial charge in [0.25, 0.3) is 0 Å². The van der Waals surface area contributed by atoms with E-state index in [1.807, 2.05) is 0 Å². The second-order valence-electron chi connectivity index (χ2n) is 4.56. The molecule has 1 fully saturated rings. The van der Waals surface area contributed by atoms with Crippen molar-refractivity contribution in [2.75, 3.05) is 6.54 Å². The second-order valence-corrected chi connectivity index (χ2v) is 4.97. The number of amides is 1. The van der Waals surface area contributed by atoms with Crippen LogP contribution in [0.1, 0.15) is 12.0 Å². The smallest absolute Gasteiger partial charge is 0.307 e. The fraction of sp³-hybridized carbons (Fsp3) is 0.385. The van der Waals surface area contributed by atoms with Gasteiger partial charge in [-0.15, -0.1) is 0 Å². The zero-order valence-electron chi connectivity index (χ0n) is 10.0. The number of carboxylic acid groups (broad SMARTS) is 1. The van der Waals surface area contributed by atoms with Crippen LogP contribution in [0.2, 0.25) is 5.02 Å². The Bertz CT molecular complexity index is 521. The molecule has 102 valence electrons. The molecule has 6 heteroatoms. The normalized spacial score (nSPS) is 20.9. The van der Waals surface area contributed by atoms with Crippen molar-refractivity contribution < 1.29 is 19.1 Å². The summed E-state index contributed by atoms with van der Waals surface area (Å²) in [7, 11) is 0. The Balaban J connectivity index is 1.78. The standard InChI is InChI=1S/C13H13ClFNO3/c14-11-5-8(15)2-1-7(11)3-4-16-12(17)9-6-10(9)13(18)19/h1-2,5,9-10H,3-4,6H2,(H,16,17)(H,18,19). The van der Waals surface area contributed by atoms with Gasteiger partial charge in [-0.05, 0) is 30.5 Å². The first-order valence-electron chi connectivity index (χ1n) is 5.93. The molecule has 0 spiro atoms. The predicted molar refractivity (Wildman–Crippen MR) is 67.4 cm³/mol. The average molecular weight is 286 g/mol. The van der Waals surface area contributed by atoms with Crippen LogP contribution >= 0.6 is 11.6 Å². The summed E-state index contributed by atoms with van der Waals surface area (Å²) in [5.74, 6) is -2.54. The average Bonchev–Trinajstić information content (AvgIpc) is 3.12. The topological polar surface area (TPSA) is 66.4 Å². The van der Waals surface area contributed by atoms with Gasteiger partial charge in [0.15, 0.2) is 0 Å². The van der Waals surface area contributed by atoms with E-state index in [0.29, 0.717) is 24.4 Å². The summed E-state index contributed by atoms with van der Waals surface area (Å²) < 4.78 is 12.8. The second kappa shape index (κ2) is 5.57. The monoisotopic (exact) mass is 285 g/mol. The number of carboxylic acids is 1. The lowest BCUT2D eigenvalue weighted by atomic mass is 10.1. The molecule has 1 aliphatic carbocycles. The molecule has 0 bridgehead atoms. The lowest BCUT2D eigenvalue weighted by molar-refractivity contribution is -0.140. The van der Waals surface area contributed by atoms with Gasteiger partial charge in [-0.25, -0.2) is 4.39 Å². The van der Waals surface area contributed by atoms with Crippen LogP contribution in [0.15, 0.2) is 18.2 Å². The Morgan fingerprint density at radius 3 is 2.74 bits per heavy atom. The number of hydrogen-bond donors (Lipinski definition) is 2. The molecule has 0 aromatic heterocycles. The molecule has 1 aromatic rings. The zero-order chi connectivity index (χ0) is 14.0. The number of benzene rings is 1. The molecule has 2 rings (SSSR count). The summed E-state index contributed by atoms with van der Waals surface area (Å²) in [6, 6.07) is 4.10. The molecule has 0 heterocycles. The Hall–Kier alpha value is -1.62. The minimum Gasteiger partial charge on any atom is -0.481 e. The van der Waals surface area contributed by atoms with Crippen LogP contribution in [0.4, 0.5) is 4.39 Å². The first-order chi connectivity index (χ1) is 8.99. The van der Waals surface area contributed by atoms with Crippen LogP contribution in [-0.2, 0) is 16.0 Å². The summed E-state index contributed by atoms with van der Waals surface area (Å²) in [4.78, 5) is 22.2. The van der Waals surface area contributed by atoms with E-state index in [1.165, 1.54) is 12.1 Å². The van der Waals surface area contributed by atoms with E-state index >= 15 is 0 Å². The number of halogens is 2. The summed E-state index contributed by atoms with van der Waals surface area (Å²) in [5, 5.41) is 11.7. The molecule has 1 amide bonds. The molecule has 1 saturated carbocycles. The van der Waals surface area contributed by atoms with Crippen molar-refractivity contribution in [3.8, 4) is 0 Å². The number of rotatable bonds is 5. The van der Waals surface area contributed by atoms with Gasteiger partial charge in [0.2, 0.25) is 5.91 Å². The van der Waals surface area contributed by atoms with E-state index in [1.54, 1.807) is 6.07 Å². The fourth-order valence-electron chi connectivity index (χ4n) is 1.93. The number of hydrogen-bond acceptors (Lipinski definition) is 2. The minimum atomic E-state index is -0.929. The van der Waals surface area contributed by atoms with Crippen molar-refractivity contribution in [3.63, 3.8) is 0 Å². The molecular weight excluding hydrogens is 273 g/mol. The van der Waals surface area contributed by atoms with E-state index in [-0.39, 0.29) is 5.91 Å². The van der Waals surface area contributed by atoms with E-state index in [9.17, 15) is 14.0 Å². The summed E-state index contributed by atoms with van der Waals surface area (Å²) in [6.45, 7) is 0.354. The van der Waals surface area contributed by atoms with Crippen molar-refractivity contribution in [1.29, 1.82) is 0 Å². The van der Waals surface area contributed by atoms with E-state index < -0.39 is 23.6 Å². The van der Waals surface area contributed by atoms with Gasteiger partial charge in [0.1, 0.15) is 5.82 Å². The predicted octanol–water partition coefficient (Wildman–Crippen LogP) is 1.86. The van der Waals surface area contributed by atoms with E-state index in [2.05, 4.69) is 5.32 Å². The van der Waals surface area contributed by atoms with Crippen LogP contribution in [0, 0.1) is 17.7 Å². The summed E-state index contributed by atoms with van der Waals surface area (Å²) >= 11 is 5.85. The van der Waals surface area contributed by atoms with Gasteiger partial charge >= 0.3 is 5.97 Å². The van der Waals surface area contributed by atoms with Crippen LogP contribution in [0.5, 0.6) is 0 Å². The van der Waals surface area contributed by atoms with Crippen molar-refractivity contribution in [1.82, 2.24) is 5.32 Å². The fourth-order valence-corrected chi connectivity index (χ4v) is 2.20. The van der Waals surface area contributed by atoms with E-state index in [4.69, 9.17) is 16.7 Å². The van der Waals surface area contributed by atoms with Crippen molar-refractivity contribution in [2.24, 2.45) is 11.8 Å². The quantitative estimate of drug-likeness (QED) is 0.868. The first-order valence-corrected chi connectivity index (χ1v) is 6.31. The Kier molecular flexibility index (Phi) is 4.04. The third-order valence-corrected chi connectivity index (χ3v) is 3.50. The lowest BCUT2D eigenvalue weighted by Gasteiger charge is -2.06. The van der Waals surface area contributed by atoms with Crippen molar-refractivity contribution >= 4 is 23.5 Å². The maximum Gasteiger partial charge on any atom is 0.307 e. The number of nitrogens with one attached hydrogen (secondary N) is 1. The number of carbonyl (C=O) groups excluding carboxylic acids is 1. The zero-order valence-corrected chi connectivity index (χ0v) is 10.8. The third-order valence-electron chi connectivity index (χ3n) is 3.15. The minimum absolute atomic E-state index is 0.245. The molecule has 1 aliphatic rings. The molecule has 2 N–H and O–H groups in total. The molecule has 4 nitrogen and oxygen atoms in total. The third kappa shape index (κ3) is 3.44. The van der Waals surface area contributed by atoms with Crippen LogP contribution in [0.3, 0.4) is 0 Å². The van der Waals surface area contributed by atoms with E-state index in [0.717, 1.165) is 5.56 Å². The Morgan fingerprint density at radius 1 is 1.42 bits per heavy atom. The molecule has 19 heavy (non-hydrogen) atoms. The van der Waals surface area contributed by atoms with Gasteiger partial charge < -0.3 is 10.4 Å². The largest absolute Gasteiger partial charge is 0.481 e. The Morgan fingerprint density at radius 2 is 2.16 bits per heavy atom. The lowest BCUT2D eigenvalue weighted by Crippen LogP contribution is -2.28. The highest BCUT2D eigenvalue weighted by atomic mass is 35.5. The maximum atomic E-state index is 12.8. The summed E-state index contributed by atoms with van der Waals surface area (Å²) in [5.41, 5.74) is 0.744. The number of carbonyl (C=O) groups is 2. The highest BCUT2D eigenvalue weighted by Gasteiger charge is 2.48. The van der Waals surface area contributed by atoms with Gasteiger partial charge in [0, 0.05) is 11.6 Å². The molecule has 2 atom stereocenters. The molecule has 0 aliphatic heterocycles. The maximum absolute atomic E-state index is 12.8. The van der Waals surface area contributed by atoms with Crippen LogP contribution in [0.25, 0.3) is 0 Å². The van der Waals surface area contributed by atoms with Crippen LogP contribution < -0.4 is 5.32 Å². The Labute approximate surface area is 114 Å². The van der Waals surface area contributed by atoms with Gasteiger partial charge in [-0.3, -0.25) is 9.59 Å². The van der Waals surface area contributed by atoms with Gasteiger partial charge in [0.05, 0.1) is 11.8 Å². The highest BCUT2D eigenvalue weighted by Crippen LogP contribution is 2.38. The molecule has 0 radical (unpaired) electrons. The molecular formula is C13H13ClFNO3. The van der Waals surface area contributed by atoms with Crippen molar-refractivity contribution in [2.45, 2.75) is 12.8 Å². The van der Waals surface area contributed by atoms with Gasteiger partial charge in [-0.1, -0.05) is 17.7 Å². The summed E-state index contributed by atoms with van der Waals surface area (Å²) in [6.07, 6.45) is 0.883. The van der Waals surface area contributed by atoms with Crippen LogP contribution in [-0.4, -0.2) is 23.5 Å². The number of aliphatic carboxylic acids is 1. The molecule has 2 unspecified atom stereocenters.